The van der Waals surface area contributed by atoms with E-state index >= 15 is 0 Å². The van der Waals surface area contributed by atoms with Crippen LogP contribution in [0.2, 0.25) is 0 Å². The van der Waals surface area contributed by atoms with Crippen molar-refractivity contribution in [3.8, 4) is 5.75 Å². The summed E-state index contributed by atoms with van der Waals surface area (Å²) in [5, 5.41) is 24.0. The van der Waals surface area contributed by atoms with Crippen molar-refractivity contribution in [1.29, 1.82) is 0 Å². The molecule has 44 heavy (non-hydrogen) atoms. The summed E-state index contributed by atoms with van der Waals surface area (Å²) in [7, 11) is 0. The molecule has 7 heteroatoms. The molecule has 0 heterocycles. The van der Waals surface area contributed by atoms with Crippen LogP contribution in [0.1, 0.15) is 39.9 Å². The molecule has 0 aliphatic rings. The first kappa shape index (κ1) is 30.2. The highest BCUT2D eigenvalue weighted by Crippen LogP contribution is 2.27. The van der Waals surface area contributed by atoms with Crippen LogP contribution in [0.3, 0.4) is 0 Å². The molecule has 0 saturated heterocycles. The van der Waals surface area contributed by atoms with Gasteiger partial charge in [0.1, 0.15) is 17.8 Å². The van der Waals surface area contributed by atoms with Crippen LogP contribution in [0.4, 0.5) is 11.4 Å². The van der Waals surface area contributed by atoms with Crippen molar-refractivity contribution in [3.05, 3.63) is 161 Å². The molecule has 5 rings (SSSR count). The minimum Gasteiger partial charge on any atom is -0.507 e. The van der Waals surface area contributed by atoms with E-state index in [-0.39, 0.29) is 30.7 Å². The molecule has 0 saturated carbocycles. The number of amides is 2. The number of hydrogen-bond acceptors (Lipinski definition) is 5. The molecule has 0 fully saturated rings. The van der Waals surface area contributed by atoms with Crippen LogP contribution >= 0.6 is 0 Å². The van der Waals surface area contributed by atoms with Crippen LogP contribution in [0.15, 0.2) is 133 Å². The van der Waals surface area contributed by atoms with Gasteiger partial charge >= 0.3 is 0 Å². The van der Waals surface area contributed by atoms with E-state index in [1.165, 1.54) is 0 Å². The van der Waals surface area contributed by atoms with E-state index in [1.807, 2.05) is 140 Å². The third kappa shape index (κ3) is 7.98. The summed E-state index contributed by atoms with van der Waals surface area (Å²) in [6.45, 7) is 2.46. The van der Waals surface area contributed by atoms with Gasteiger partial charge in [0.05, 0.1) is 0 Å². The van der Waals surface area contributed by atoms with E-state index in [0.29, 0.717) is 22.5 Å². The molecule has 2 atom stereocenters. The Hall–Kier alpha value is -5.24. The molecule has 2 amide bonds. The second kappa shape index (κ2) is 14.8. The van der Waals surface area contributed by atoms with Gasteiger partial charge in [-0.05, 0) is 42.3 Å². The molecule has 0 bridgehead atoms. The number of para-hydroxylation sites is 2. The van der Waals surface area contributed by atoms with Crippen molar-refractivity contribution in [2.45, 2.75) is 32.1 Å². The maximum absolute atomic E-state index is 13.4. The van der Waals surface area contributed by atoms with Gasteiger partial charge in [0.25, 0.3) is 0 Å². The fourth-order valence-electron chi connectivity index (χ4n) is 5.11. The maximum Gasteiger partial charge on any atom is 0.246 e. The number of aryl methyl sites for hydroxylation is 1. The SMILES string of the molecule is Cc1cc(CN[C@H](C(=O)Nc2ccccc2)c2ccccc2)c(O)c(CN[C@H](C(=O)Nc2ccccc2)c2ccccc2)c1. The summed E-state index contributed by atoms with van der Waals surface area (Å²) in [6, 6.07) is 40.1. The quantitative estimate of drug-likeness (QED) is 0.113. The standard InChI is InChI=1S/C37H36N4O3/c1-26-22-29(24-38-33(27-14-6-2-7-15-27)36(43)40-31-18-10-4-11-19-31)35(42)30(23-26)25-39-34(28-16-8-3-9-17-28)37(44)41-32-20-12-5-13-21-32/h2-23,33-34,38-39,42H,24-25H2,1H3,(H,40,43)(H,41,44)/t33-,34-/m0/s1. The smallest absolute Gasteiger partial charge is 0.246 e. The number of nitrogens with one attached hydrogen (secondary N) is 4. The predicted molar refractivity (Wildman–Crippen MR) is 175 cm³/mol. The van der Waals surface area contributed by atoms with Crippen LogP contribution in [0, 0.1) is 6.92 Å². The number of aromatic hydroxyl groups is 1. The van der Waals surface area contributed by atoms with Crippen molar-refractivity contribution < 1.29 is 14.7 Å². The molecular formula is C37H36N4O3. The molecule has 5 N–H and O–H groups in total. The topological polar surface area (TPSA) is 102 Å². The summed E-state index contributed by atoms with van der Waals surface area (Å²) < 4.78 is 0. The van der Waals surface area contributed by atoms with Gasteiger partial charge < -0.3 is 15.7 Å². The van der Waals surface area contributed by atoms with E-state index in [2.05, 4.69) is 21.3 Å². The number of carbonyl (C=O) groups excluding carboxylic acids is 2. The highest BCUT2D eigenvalue weighted by Gasteiger charge is 2.23. The number of hydrogen-bond donors (Lipinski definition) is 5. The molecule has 0 aliphatic heterocycles. The van der Waals surface area contributed by atoms with Gasteiger partial charge in [-0.3, -0.25) is 20.2 Å². The summed E-state index contributed by atoms with van der Waals surface area (Å²) in [4.78, 5) is 26.8. The predicted octanol–water partition coefficient (Wildman–Crippen LogP) is 6.64. The van der Waals surface area contributed by atoms with Gasteiger partial charge in [0.15, 0.2) is 0 Å². The van der Waals surface area contributed by atoms with Crippen LogP contribution in [0.5, 0.6) is 5.75 Å². The van der Waals surface area contributed by atoms with E-state index in [0.717, 1.165) is 16.7 Å². The Labute approximate surface area is 258 Å². The lowest BCUT2D eigenvalue weighted by atomic mass is 10.0. The zero-order chi connectivity index (χ0) is 30.7. The van der Waals surface area contributed by atoms with Crippen molar-refractivity contribution in [2.75, 3.05) is 10.6 Å². The summed E-state index contributed by atoms with van der Waals surface area (Å²) in [5.74, 6) is -0.292. The molecule has 5 aromatic rings. The van der Waals surface area contributed by atoms with E-state index < -0.39 is 12.1 Å². The van der Waals surface area contributed by atoms with Gasteiger partial charge in [-0.15, -0.1) is 0 Å². The molecule has 0 aliphatic carbocycles. The largest absolute Gasteiger partial charge is 0.507 e. The molecule has 5 aromatic carbocycles. The summed E-state index contributed by atoms with van der Waals surface area (Å²) in [6.07, 6.45) is 0. The first-order valence-corrected chi connectivity index (χ1v) is 14.6. The third-order valence-corrected chi connectivity index (χ3v) is 7.28. The lowest BCUT2D eigenvalue weighted by Crippen LogP contribution is -2.33. The minimum absolute atomic E-state index is 0.112. The van der Waals surface area contributed by atoms with E-state index in [9.17, 15) is 14.7 Å². The Balaban J connectivity index is 1.33. The van der Waals surface area contributed by atoms with Gasteiger partial charge in [0, 0.05) is 35.6 Å². The minimum atomic E-state index is -0.651. The van der Waals surface area contributed by atoms with Gasteiger partial charge in [-0.1, -0.05) is 115 Å². The van der Waals surface area contributed by atoms with Gasteiger partial charge in [0.2, 0.25) is 11.8 Å². The first-order valence-electron chi connectivity index (χ1n) is 14.6. The number of phenols is 1. The second-order valence-corrected chi connectivity index (χ2v) is 10.6. The molecule has 0 aromatic heterocycles. The molecular weight excluding hydrogens is 548 g/mol. The highest BCUT2D eigenvalue weighted by molar-refractivity contribution is 5.96. The van der Waals surface area contributed by atoms with E-state index in [1.54, 1.807) is 0 Å². The molecule has 0 spiro atoms. The van der Waals surface area contributed by atoms with Gasteiger partial charge in [-0.25, -0.2) is 0 Å². The Morgan fingerprint density at radius 1 is 0.568 bits per heavy atom. The Kier molecular flexibility index (Phi) is 10.2. The van der Waals surface area contributed by atoms with Crippen LogP contribution < -0.4 is 21.3 Å². The Bertz CT molecular complexity index is 1540. The van der Waals surface area contributed by atoms with Crippen molar-refractivity contribution in [3.63, 3.8) is 0 Å². The van der Waals surface area contributed by atoms with E-state index in [4.69, 9.17) is 0 Å². The maximum atomic E-state index is 13.4. The lowest BCUT2D eigenvalue weighted by Gasteiger charge is -2.22. The number of carbonyl (C=O) groups is 2. The summed E-state index contributed by atoms with van der Waals surface area (Å²) >= 11 is 0. The fourth-order valence-corrected chi connectivity index (χ4v) is 5.11. The summed E-state index contributed by atoms with van der Waals surface area (Å²) in [5.41, 5.74) is 5.29. The number of benzene rings is 5. The Morgan fingerprint density at radius 2 is 0.909 bits per heavy atom. The molecule has 7 nitrogen and oxygen atoms in total. The number of rotatable bonds is 12. The average Bonchev–Trinajstić information content (AvgIpc) is 3.05. The zero-order valence-electron chi connectivity index (χ0n) is 24.5. The third-order valence-electron chi connectivity index (χ3n) is 7.28. The van der Waals surface area contributed by atoms with Crippen LogP contribution in [0.25, 0.3) is 0 Å². The van der Waals surface area contributed by atoms with Crippen molar-refractivity contribution in [2.24, 2.45) is 0 Å². The second-order valence-electron chi connectivity index (χ2n) is 10.6. The molecule has 222 valence electrons. The first-order chi connectivity index (χ1) is 21.5. The fraction of sp³-hybridized carbons (Fsp3) is 0.135. The van der Waals surface area contributed by atoms with Crippen LogP contribution in [-0.2, 0) is 22.7 Å². The number of phenolic OH excluding ortho intramolecular Hbond substituents is 1. The zero-order valence-corrected chi connectivity index (χ0v) is 24.5. The van der Waals surface area contributed by atoms with Crippen LogP contribution in [-0.4, -0.2) is 16.9 Å². The highest BCUT2D eigenvalue weighted by atomic mass is 16.3. The van der Waals surface area contributed by atoms with Crippen molar-refractivity contribution in [1.82, 2.24) is 10.6 Å². The molecule has 0 unspecified atom stereocenters. The number of anilines is 2. The Morgan fingerprint density at radius 3 is 1.27 bits per heavy atom. The monoisotopic (exact) mass is 584 g/mol. The lowest BCUT2D eigenvalue weighted by molar-refractivity contribution is -0.119. The normalized spacial score (nSPS) is 12.2. The van der Waals surface area contributed by atoms with Crippen molar-refractivity contribution >= 4 is 23.2 Å². The molecule has 0 radical (unpaired) electrons. The van der Waals surface area contributed by atoms with Gasteiger partial charge in [-0.2, -0.15) is 0 Å². The average molecular weight is 585 g/mol.